The van der Waals surface area contributed by atoms with Crippen LogP contribution in [0.5, 0.6) is 0 Å². The van der Waals surface area contributed by atoms with Crippen molar-refractivity contribution >= 4 is 49.9 Å². The highest BCUT2D eigenvalue weighted by Gasteiger charge is 2.36. The van der Waals surface area contributed by atoms with Crippen LogP contribution in [0.3, 0.4) is 0 Å². The van der Waals surface area contributed by atoms with Gasteiger partial charge >= 0.3 is 0 Å². The number of benzene rings is 7. The molecule has 7 nitrogen and oxygen atoms in total. The minimum Gasteiger partial charge on any atom is -0.316 e. The van der Waals surface area contributed by atoms with Crippen molar-refractivity contribution in [1.82, 2.24) is 29.1 Å². The van der Waals surface area contributed by atoms with Gasteiger partial charge in [0.1, 0.15) is 5.82 Å². The molecule has 0 atom stereocenters. The Bertz CT molecular complexity index is 3420. The molecule has 0 unspecified atom stereocenters. The summed E-state index contributed by atoms with van der Waals surface area (Å²) in [5, 5.41) is 3.26. The molecule has 12 rings (SSSR count). The third kappa shape index (κ3) is 5.59. The molecular weight excluding hydrogens is 759 g/mol. The maximum absolute atomic E-state index is 5.27. The number of nitrogens with zero attached hydrogens (tertiary/aromatic N) is 7. The maximum atomic E-state index is 5.27. The van der Waals surface area contributed by atoms with Crippen molar-refractivity contribution in [3.63, 3.8) is 0 Å². The van der Waals surface area contributed by atoms with Crippen LogP contribution in [0, 0.1) is 0 Å². The van der Waals surface area contributed by atoms with Crippen molar-refractivity contribution in [1.29, 1.82) is 0 Å². The van der Waals surface area contributed by atoms with Gasteiger partial charge in [0.15, 0.2) is 11.6 Å². The van der Waals surface area contributed by atoms with E-state index in [1.54, 1.807) is 0 Å². The molecule has 4 aromatic heterocycles. The van der Waals surface area contributed by atoms with Gasteiger partial charge < -0.3 is 4.57 Å². The van der Waals surface area contributed by atoms with E-state index in [0.29, 0.717) is 17.6 Å². The van der Waals surface area contributed by atoms with Crippen molar-refractivity contribution in [2.45, 2.75) is 19.3 Å². The molecule has 11 aromatic rings. The molecule has 7 heteroatoms. The Morgan fingerprint density at radius 3 is 1.84 bits per heavy atom. The second-order valence-electron chi connectivity index (χ2n) is 16.4. The molecule has 0 saturated heterocycles. The second kappa shape index (κ2) is 14.0. The smallest absolute Gasteiger partial charge is 0.238 e. The summed E-state index contributed by atoms with van der Waals surface area (Å²) in [6.45, 7) is 4.65. The lowest BCUT2D eigenvalue weighted by Crippen LogP contribution is -2.17. The summed E-state index contributed by atoms with van der Waals surface area (Å²) in [6, 6.07) is 65.9. The van der Waals surface area contributed by atoms with Crippen molar-refractivity contribution in [2.75, 3.05) is 4.90 Å². The number of pyridine rings is 1. The summed E-state index contributed by atoms with van der Waals surface area (Å²) >= 11 is 0. The zero-order valence-corrected chi connectivity index (χ0v) is 34.2. The van der Waals surface area contributed by atoms with E-state index in [0.717, 1.165) is 66.7 Å². The molecule has 0 spiro atoms. The van der Waals surface area contributed by atoms with Crippen molar-refractivity contribution in [2.24, 2.45) is 0 Å². The van der Waals surface area contributed by atoms with Gasteiger partial charge in [-0.2, -0.15) is 9.97 Å². The Morgan fingerprint density at radius 1 is 0.484 bits per heavy atom. The van der Waals surface area contributed by atoms with Crippen LogP contribution in [0.25, 0.3) is 78.2 Å². The number of hydrogen-bond donors (Lipinski definition) is 0. The molecule has 0 radical (unpaired) electrons. The first kappa shape index (κ1) is 35.8. The molecule has 1 aliphatic rings. The Morgan fingerprint density at radius 2 is 1.11 bits per heavy atom. The lowest BCUT2D eigenvalue weighted by molar-refractivity contribution is 0.660. The van der Waals surface area contributed by atoms with Crippen molar-refractivity contribution < 1.29 is 0 Å². The summed E-state index contributed by atoms with van der Waals surface area (Å²) in [6.07, 6.45) is 4.02. The van der Waals surface area contributed by atoms with Gasteiger partial charge in [0.05, 0.1) is 16.6 Å². The first-order valence-corrected chi connectivity index (χ1v) is 21.0. The topological polar surface area (TPSA) is 64.7 Å². The van der Waals surface area contributed by atoms with Gasteiger partial charge in [-0.05, 0) is 89.0 Å². The summed E-state index contributed by atoms with van der Waals surface area (Å²) in [4.78, 5) is 22.8. The highest BCUT2D eigenvalue weighted by molar-refractivity contribution is 6.19. The molecular formula is C55H39N7. The average Bonchev–Trinajstić information content (AvgIpc) is 3.98. The summed E-state index contributed by atoms with van der Waals surface area (Å²) in [5.74, 6) is 2.60. The highest BCUT2D eigenvalue weighted by atomic mass is 15.2. The lowest BCUT2D eigenvalue weighted by atomic mass is 9.82. The third-order valence-electron chi connectivity index (χ3n) is 12.5. The summed E-state index contributed by atoms with van der Waals surface area (Å²) in [7, 11) is 0. The molecule has 62 heavy (non-hydrogen) atoms. The van der Waals surface area contributed by atoms with E-state index in [4.69, 9.17) is 19.9 Å². The van der Waals surface area contributed by atoms with Gasteiger partial charge in [0.2, 0.25) is 5.95 Å². The first-order chi connectivity index (χ1) is 30.5. The highest BCUT2D eigenvalue weighted by Crippen LogP contribution is 2.51. The summed E-state index contributed by atoms with van der Waals surface area (Å²) < 4.78 is 4.48. The molecule has 4 heterocycles. The Kier molecular flexibility index (Phi) is 8.05. The van der Waals surface area contributed by atoms with E-state index in [9.17, 15) is 0 Å². The van der Waals surface area contributed by atoms with Gasteiger partial charge in [0.25, 0.3) is 0 Å². The van der Waals surface area contributed by atoms with Crippen LogP contribution in [0.2, 0.25) is 0 Å². The molecule has 1 aliphatic carbocycles. The van der Waals surface area contributed by atoms with Gasteiger partial charge in [-0.3, -0.25) is 9.47 Å². The zero-order chi connectivity index (χ0) is 41.4. The van der Waals surface area contributed by atoms with Crippen LogP contribution < -0.4 is 4.90 Å². The lowest BCUT2D eigenvalue weighted by Gasteiger charge is -2.27. The van der Waals surface area contributed by atoms with Gasteiger partial charge in [0, 0.05) is 62.2 Å². The minimum atomic E-state index is -0.154. The van der Waals surface area contributed by atoms with Crippen LogP contribution in [0.15, 0.2) is 200 Å². The van der Waals surface area contributed by atoms with Crippen molar-refractivity contribution in [3.8, 4) is 45.5 Å². The molecule has 7 aromatic carbocycles. The fraction of sp³-hybridized carbons (Fsp3) is 0.0545. The number of rotatable bonds is 7. The zero-order valence-electron chi connectivity index (χ0n) is 34.2. The standard InChI is InChI=1S/C55H39N7/c1-55(2)46-23-13-12-22-41(46)42-27-25-40(35-47(42)55)61(50-24-14-15-32-56-50)39-26-29-49-45(34-39)43-28-30-48-44(31-33-60(48)38-20-10-5-11-21-38)51(43)62(49)54-58-52(36-16-6-3-7-17-36)57-53(59-54)37-18-8-4-9-19-37/h3-35H,1-2H3. The van der Waals surface area contributed by atoms with Crippen LogP contribution in [-0.4, -0.2) is 29.1 Å². The molecule has 0 N–H and O–H groups in total. The van der Waals surface area contributed by atoms with E-state index in [2.05, 4.69) is 180 Å². The molecule has 0 bridgehead atoms. The fourth-order valence-corrected chi connectivity index (χ4v) is 9.50. The maximum Gasteiger partial charge on any atom is 0.238 e. The number of fused-ring (bicyclic) bond motifs is 8. The molecule has 0 saturated carbocycles. The van der Waals surface area contributed by atoms with Gasteiger partial charge in [-0.25, -0.2) is 9.97 Å². The Balaban J connectivity index is 1.12. The van der Waals surface area contributed by atoms with Crippen LogP contribution >= 0.6 is 0 Å². The van der Waals surface area contributed by atoms with E-state index < -0.39 is 0 Å². The first-order valence-electron chi connectivity index (χ1n) is 21.0. The Labute approximate surface area is 358 Å². The number of anilines is 3. The van der Waals surface area contributed by atoms with Crippen LogP contribution in [-0.2, 0) is 5.41 Å². The van der Waals surface area contributed by atoms with Gasteiger partial charge in [-0.1, -0.05) is 135 Å². The van der Waals surface area contributed by atoms with Crippen LogP contribution in [0.1, 0.15) is 25.0 Å². The van der Waals surface area contributed by atoms with E-state index >= 15 is 0 Å². The summed E-state index contributed by atoms with van der Waals surface area (Å²) in [5.41, 5.74) is 13.2. The second-order valence-corrected chi connectivity index (χ2v) is 16.4. The van der Waals surface area contributed by atoms with E-state index in [-0.39, 0.29) is 5.41 Å². The average molecular weight is 798 g/mol. The minimum absolute atomic E-state index is 0.154. The quantitative estimate of drug-likeness (QED) is 0.161. The molecule has 0 aliphatic heterocycles. The van der Waals surface area contributed by atoms with E-state index in [1.807, 2.05) is 48.7 Å². The van der Waals surface area contributed by atoms with Gasteiger partial charge in [-0.15, -0.1) is 0 Å². The number of aromatic nitrogens is 6. The van der Waals surface area contributed by atoms with E-state index in [1.165, 1.54) is 22.3 Å². The SMILES string of the molecule is CC1(C)c2ccccc2-c2ccc(N(c3ccc4c(c3)c3ccc5c(ccn5-c5ccccc5)c3n4-c3nc(-c4ccccc4)nc(-c4ccccc4)n3)c3ccccn3)cc21. The molecule has 0 amide bonds. The Hall–Kier alpha value is -8.16. The predicted octanol–water partition coefficient (Wildman–Crippen LogP) is 13.4. The fourth-order valence-electron chi connectivity index (χ4n) is 9.50. The van der Waals surface area contributed by atoms with Crippen LogP contribution in [0.4, 0.5) is 17.2 Å². The third-order valence-corrected chi connectivity index (χ3v) is 12.5. The largest absolute Gasteiger partial charge is 0.316 e. The number of para-hydroxylation sites is 1. The number of hydrogen-bond acceptors (Lipinski definition) is 5. The monoisotopic (exact) mass is 797 g/mol. The predicted molar refractivity (Wildman–Crippen MR) is 252 cm³/mol. The normalized spacial score (nSPS) is 12.8. The molecule has 294 valence electrons. The van der Waals surface area contributed by atoms with Crippen molar-refractivity contribution in [3.05, 3.63) is 212 Å². The molecule has 0 fully saturated rings.